The lowest BCUT2D eigenvalue weighted by atomic mass is 10.2. The van der Waals surface area contributed by atoms with E-state index in [-0.39, 0.29) is 4.90 Å². The van der Waals surface area contributed by atoms with Crippen molar-refractivity contribution in [1.29, 1.82) is 0 Å². The minimum Gasteiger partial charge on any atom is -0.332 e. The normalized spacial score (nSPS) is 11.7. The van der Waals surface area contributed by atoms with Gasteiger partial charge >= 0.3 is 0 Å². The van der Waals surface area contributed by atoms with Crippen molar-refractivity contribution in [3.63, 3.8) is 0 Å². The summed E-state index contributed by atoms with van der Waals surface area (Å²) >= 11 is 1.44. The van der Waals surface area contributed by atoms with Crippen LogP contribution in [0.3, 0.4) is 0 Å². The van der Waals surface area contributed by atoms with Crippen LogP contribution in [-0.2, 0) is 9.84 Å². The molecular weight excluding hydrogens is 298 g/mol. The van der Waals surface area contributed by atoms with Crippen molar-refractivity contribution in [2.75, 3.05) is 6.26 Å². The number of aromatic nitrogens is 3. The predicted molar refractivity (Wildman–Crippen MR) is 74.0 cm³/mol. The lowest BCUT2D eigenvalue weighted by Gasteiger charge is -1.98. The first-order valence-electron chi connectivity index (χ1n) is 5.57. The zero-order valence-electron chi connectivity index (χ0n) is 10.3. The fraction of sp³-hybridized carbons (Fsp3) is 0.0833. The highest BCUT2D eigenvalue weighted by Crippen LogP contribution is 2.23. The highest BCUT2D eigenvalue weighted by atomic mass is 32.2. The van der Waals surface area contributed by atoms with Gasteiger partial charge in [-0.05, 0) is 24.3 Å². The molecule has 0 bridgehead atoms. The van der Waals surface area contributed by atoms with Crippen LogP contribution >= 0.6 is 11.3 Å². The fourth-order valence-corrected chi connectivity index (χ4v) is 2.77. The Labute approximate surface area is 119 Å². The van der Waals surface area contributed by atoms with Crippen molar-refractivity contribution in [3.05, 3.63) is 35.2 Å². The third-order valence-electron chi connectivity index (χ3n) is 2.62. The molecule has 6 nitrogen and oxygen atoms in total. The summed E-state index contributed by atoms with van der Waals surface area (Å²) in [6.45, 7) is 0. The molecule has 0 saturated carbocycles. The second-order valence-corrected chi connectivity index (χ2v) is 6.83. The standard InChI is InChI=1S/C12H9N3O3S2/c1-20(16,17)9-4-2-8(3-5-9)11-14-12(18-15-11)10-6-19-7-13-10/h2-7H,1H3. The Balaban J connectivity index is 1.94. The van der Waals surface area contributed by atoms with Crippen LogP contribution < -0.4 is 0 Å². The number of hydrogen-bond donors (Lipinski definition) is 0. The van der Waals surface area contributed by atoms with Crippen molar-refractivity contribution in [2.24, 2.45) is 0 Å². The summed E-state index contributed by atoms with van der Waals surface area (Å²) in [6.07, 6.45) is 1.16. The molecule has 20 heavy (non-hydrogen) atoms. The van der Waals surface area contributed by atoms with E-state index in [1.165, 1.54) is 23.5 Å². The van der Waals surface area contributed by atoms with E-state index in [1.807, 2.05) is 5.38 Å². The van der Waals surface area contributed by atoms with Gasteiger partial charge in [0.05, 0.1) is 10.4 Å². The van der Waals surface area contributed by atoms with E-state index in [0.29, 0.717) is 23.0 Å². The lowest BCUT2D eigenvalue weighted by Crippen LogP contribution is -1.96. The Hall–Kier alpha value is -2.06. The summed E-state index contributed by atoms with van der Waals surface area (Å²) in [6, 6.07) is 6.32. The third-order valence-corrected chi connectivity index (χ3v) is 4.33. The summed E-state index contributed by atoms with van der Waals surface area (Å²) in [4.78, 5) is 8.57. The average Bonchev–Trinajstić information content (AvgIpc) is 3.09. The zero-order chi connectivity index (χ0) is 14.2. The van der Waals surface area contributed by atoms with Crippen molar-refractivity contribution < 1.29 is 12.9 Å². The molecule has 0 saturated heterocycles. The Morgan fingerprint density at radius 3 is 2.55 bits per heavy atom. The molecule has 0 fully saturated rings. The monoisotopic (exact) mass is 307 g/mol. The van der Waals surface area contributed by atoms with Crippen molar-refractivity contribution in [3.8, 4) is 23.0 Å². The van der Waals surface area contributed by atoms with Crippen LogP contribution in [0.5, 0.6) is 0 Å². The fourth-order valence-electron chi connectivity index (χ4n) is 1.61. The van der Waals surface area contributed by atoms with Crippen LogP contribution in [0.2, 0.25) is 0 Å². The SMILES string of the molecule is CS(=O)(=O)c1ccc(-c2noc(-c3cscn3)n2)cc1. The van der Waals surface area contributed by atoms with Crippen LogP contribution in [0.4, 0.5) is 0 Å². The maximum Gasteiger partial charge on any atom is 0.277 e. The van der Waals surface area contributed by atoms with Gasteiger partial charge in [0.2, 0.25) is 5.82 Å². The molecule has 0 amide bonds. The molecule has 0 radical (unpaired) electrons. The minimum atomic E-state index is -3.20. The molecule has 0 atom stereocenters. The molecule has 102 valence electrons. The number of benzene rings is 1. The second kappa shape index (κ2) is 4.80. The molecule has 3 rings (SSSR count). The number of sulfone groups is 1. The topological polar surface area (TPSA) is 86.0 Å². The number of rotatable bonds is 3. The Morgan fingerprint density at radius 1 is 1.20 bits per heavy atom. The first-order valence-corrected chi connectivity index (χ1v) is 8.40. The van der Waals surface area contributed by atoms with Gasteiger partial charge in [0.15, 0.2) is 9.84 Å². The van der Waals surface area contributed by atoms with Crippen LogP contribution in [0.15, 0.2) is 44.6 Å². The first kappa shape index (κ1) is 12.9. The van der Waals surface area contributed by atoms with E-state index in [4.69, 9.17) is 4.52 Å². The van der Waals surface area contributed by atoms with Crippen molar-refractivity contribution in [2.45, 2.75) is 4.90 Å². The van der Waals surface area contributed by atoms with Gasteiger partial charge in [-0.2, -0.15) is 4.98 Å². The average molecular weight is 307 g/mol. The maximum absolute atomic E-state index is 11.4. The Kier molecular flexibility index (Phi) is 3.11. The van der Waals surface area contributed by atoms with Crippen molar-refractivity contribution in [1.82, 2.24) is 15.1 Å². The molecule has 1 aromatic carbocycles. The molecule has 0 aliphatic carbocycles. The van der Waals surface area contributed by atoms with Gasteiger partial charge in [0.25, 0.3) is 5.89 Å². The quantitative estimate of drug-likeness (QED) is 0.737. The molecule has 0 unspecified atom stereocenters. The number of nitrogens with zero attached hydrogens (tertiary/aromatic N) is 3. The molecular formula is C12H9N3O3S2. The minimum absolute atomic E-state index is 0.254. The van der Waals surface area contributed by atoms with Crippen molar-refractivity contribution >= 4 is 21.2 Å². The molecule has 2 aromatic heterocycles. The van der Waals surface area contributed by atoms with Crippen LogP contribution in [0, 0.1) is 0 Å². The molecule has 0 N–H and O–H groups in total. The van der Waals surface area contributed by atoms with Gasteiger partial charge in [-0.15, -0.1) is 11.3 Å². The van der Waals surface area contributed by atoms with E-state index in [2.05, 4.69) is 15.1 Å². The van der Waals surface area contributed by atoms with E-state index in [9.17, 15) is 8.42 Å². The predicted octanol–water partition coefficient (Wildman–Crippen LogP) is 2.26. The van der Waals surface area contributed by atoms with E-state index < -0.39 is 9.84 Å². The molecule has 0 spiro atoms. The number of thiazole rings is 1. The zero-order valence-corrected chi connectivity index (χ0v) is 12.0. The number of hydrogen-bond acceptors (Lipinski definition) is 7. The van der Waals surface area contributed by atoms with E-state index in [0.717, 1.165) is 6.26 Å². The molecule has 0 aliphatic heterocycles. The van der Waals surface area contributed by atoms with E-state index >= 15 is 0 Å². The van der Waals surface area contributed by atoms with Gasteiger partial charge in [0, 0.05) is 17.2 Å². The van der Waals surface area contributed by atoms with Gasteiger partial charge in [-0.1, -0.05) is 5.16 Å². The van der Waals surface area contributed by atoms with Crippen LogP contribution in [0.25, 0.3) is 23.0 Å². The summed E-state index contributed by atoms with van der Waals surface area (Å²) in [7, 11) is -3.20. The summed E-state index contributed by atoms with van der Waals surface area (Å²) in [5, 5.41) is 5.67. The largest absolute Gasteiger partial charge is 0.332 e. The van der Waals surface area contributed by atoms with Gasteiger partial charge in [-0.25, -0.2) is 13.4 Å². The second-order valence-electron chi connectivity index (χ2n) is 4.09. The highest BCUT2D eigenvalue weighted by molar-refractivity contribution is 7.90. The highest BCUT2D eigenvalue weighted by Gasteiger charge is 2.13. The van der Waals surface area contributed by atoms with Gasteiger partial charge in [-0.3, -0.25) is 0 Å². The molecule has 3 aromatic rings. The Morgan fingerprint density at radius 2 is 1.95 bits per heavy atom. The molecule has 8 heteroatoms. The van der Waals surface area contributed by atoms with Gasteiger partial charge < -0.3 is 4.52 Å². The van der Waals surface area contributed by atoms with Crippen LogP contribution in [-0.4, -0.2) is 29.8 Å². The molecule has 2 heterocycles. The Bertz CT molecular complexity index is 821. The summed E-state index contributed by atoms with van der Waals surface area (Å²) < 4.78 is 27.9. The molecule has 0 aliphatic rings. The smallest absolute Gasteiger partial charge is 0.277 e. The van der Waals surface area contributed by atoms with Gasteiger partial charge in [0.1, 0.15) is 5.69 Å². The summed E-state index contributed by atoms with van der Waals surface area (Å²) in [5.41, 5.74) is 2.99. The first-order chi connectivity index (χ1) is 9.54. The van der Waals surface area contributed by atoms with Crippen LogP contribution in [0.1, 0.15) is 0 Å². The maximum atomic E-state index is 11.4. The third kappa shape index (κ3) is 2.47. The lowest BCUT2D eigenvalue weighted by molar-refractivity contribution is 0.431. The summed E-state index contributed by atoms with van der Waals surface area (Å²) in [5.74, 6) is 0.737. The van der Waals surface area contributed by atoms with E-state index in [1.54, 1.807) is 17.6 Å².